The van der Waals surface area contributed by atoms with Crippen LogP contribution in [0.2, 0.25) is 0 Å². The Labute approximate surface area is 105 Å². The smallest absolute Gasteiger partial charge is 0.293 e. The lowest BCUT2D eigenvalue weighted by atomic mass is 10.2. The van der Waals surface area contributed by atoms with Gasteiger partial charge in [-0.1, -0.05) is 0 Å². The van der Waals surface area contributed by atoms with E-state index in [4.69, 9.17) is 9.68 Å². The first-order chi connectivity index (χ1) is 8.63. The summed E-state index contributed by atoms with van der Waals surface area (Å²) in [4.78, 5) is 13.6. The van der Waals surface area contributed by atoms with Crippen LogP contribution in [0, 0.1) is 18.3 Å². The van der Waals surface area contributed by atoms with Crippen molar-refractivity contribution in [3.63, 3.8) is 0 Å². The van der Waals surface area contributed by atoms with Gasteiger partial charge in [0.2, 0.25) is 0 Å². The average molecular weight is 240 g/mol. The van der Waals surface area contributed by atoms with Gasteiger partial charge in [0.15, 0.2) is 5.76 Å². The minimum Gasteiger partial charge on any atom is -0.459 e. The van der Waals surface area contributed by atoms with Crippen molar-refractivity contribution >= 4 is 11.6 Å². The lowest BCUT2D eigenvalue weighted by Crippen LogP contribution is -2.26. The van der Waals surface area contributed by atoms with Crippen LogP contribution in [0.5, 0.6) is 0 Å². The lowest BCUT2D eigenvalue weighted by molar-refractivity contribution is 0.0965. The van der Waals surface area contributed by atoms with Gasteiger partial charge in [-0.25, -0.2) is 0 Å². The minimum atomic E-state index is -0.206. The molecule has 0 N–H and O–H groups in total. The maximum absolute atomic E-state index is 12.1. The van der Waals surface area contributed by atoms with Gasteiger partial charge in [-0.05, 0) is 37.3 Å². The number of furan rings is 1. The molecule has 0 aliphatic carbocycles. The van der Waals surface area contributed by atoms with Gasteiger partial charge in [0.1, 0.15) is 0 Å². The Morgan fingerprint density at radius 3 is 2.44 bits per heavy atom. The van der Waals surface area contributed by atoms with Gasteiger partial charge in [-0.3, -0.25) is 4.79 Å². The van der Waals surface area contributed by atoms with Gasteiger partial charge in [-0.2, -0.15) is 5.26 Å². The molecule has 1 aromatic carbocycles. The van der Waals surface area contributed by atoms with Crippen molar-refractivity contribution in [3.05, 3.63) is 53.5 Å². The first-order valence-electron chi connectivity index (χ1n) is 5.46. The Kier molecular flexibility index (Phi) is 3.16. The van der Waals surface area contributed by atoms with E-state index in [2.05, 4.69) is 0 Å². The monoisotopic (exact) mass is 240 g/mol. The van der Waals surface area contributed by atoms with Gasteiger partial charge in [-0.15, -0.1) is 0 Å². The highest BCUT2D eigenvalue weighted by Crippen LogP contribution is 2.18. The van der Waals surface area contributed by atoms with Crippen LogP contribution in [0.25, 0.3) is 0 Å². The Hall–Kier alpha value is -2.54. The molecule has 0 fully saturated rings. The fraction of sp³-hybridized carbons (Fsp3) is 0.143. The van der Waals surface area contributed by atoms with Crippen molar-refractivity contribution in [1.82, 2.24) is 0 Å². The van der Waals surface area contributed by atoms with Crippen LogP contribution in [0.1, 0.15) is 21.7 Å². The predicted molar refractivity (Wildman–Crippen MR) is 67.3 cm³/mol. The zero-order chi connectivity index (χ0) is 13.1. The van der Waals surface area contributed by atoms with Gasteiger partial charge in [0.25, 0.3) is 5.91 Å². The standard InChI is InChI=1S/C14H12N2O2/c1-10-7-8-18-13(10)14(17)16(2)12-5-3-11(9-15)4-6-12/h3-8H,1-2H3. The molecular formula is C14H12N2O2. The second-order valence-electron chi connectivity index (χ2n) is 3.96. The number of aryl methyl sites for hydroxylation is 1. The Morgan fingerprint density at radius 1 is 1.28 bits per heavy atom. The van der Waals surface area contributed by atoms with Crippen molar-refractivity contribution in [2.45, 2.75) is 6.92 Å². The molecule has 0 saturated heterocycles. The third kappa shape index (κ3) is 2.11. The number of carbonyl (C=O) groups is 1. The maximum Gasteiger partial charge on any atom is 0.293 e. The number of amides is 1. The molecule has 90 valence electrons. The molecule has 1 amide bonds. The molecular weight excluding hydrogens is 228 g/mol. The van der Waals surface area contributed by atoms with Crippen LogP contribution in [0.15, 0.2) is 41.0 Å². The van der Waals surface area contributed by atoms with E-state index in [-0.39, 0.29) is 5.91 Å². The molecule has 0 atom stereocenters. The topological polar surface area (TPSA) is 57.2 Å². The first kappa shape index (κ1) is 11.9. The summed E-state index contributed by atoms with van der Waals surface area (Å²) >= 11 is 0. The number of hydrogen-bond acceptors (Lipinski definition) is 3. The van der Waals surface area contributed by atoms with Gasteiger partial charge >= 0.3 is 0 Å². The third-order valence-corrected chi connectivity index (χ3v) is 2.74. The molecule has 0 saturated carbocycles. The largest absolute Gasteiger partial charge is 0.459 e. The van der Waals surface area contributed by atoms with Crippen molar-refractivity contribution in [2.75, 3.05) is 11.9 Å². The molecule has 0 unspecified atom stereocenters. The molecule has 0 spiro atoms. The Morgan fingerprint density at radius 2 is 1.94 bits per heavy atom. The fourth-order valence-corrected chi connectivity index (χ4v) is 1.62. The second kappa shape index (κ2) is 4.76. The number of hydrogen-bond donors (Lipinski definition) is 0. The van der Waals surface area contributed by atoms with Crippen LogP contribution in [0.3, 0.4) is 0 Å². The molecule has 1 aromatic heterocycles. The molecule has 2 rings (SSSR count). The van der Waals surface area contributed by atoms with E-state index in [0.717, 1.165) is 11.3 Å². The number of nitriles is 1. The SMILES string of the molecule is Cc1ccoc1C(=O)N(C)c1ccc(C#N)cc1. The average Bonchev–Trinajstić information content (AvgIpc) is 2.83. The van der Waals surface area contributed by atoms with E-state index in [9.17, 15) is 4.79 Å². The van der Waals surface area contributed by atoms with Gasteiger partial charge in [0, 0.05) is 18.3 Å². The lowest BCUT2D eigenvalue weighted by Gasteiger charge is -2.16. The van der Waals surface area contributed by atoms with Crippen LogP contribution < -0.4 is 4.90 Å². The molecule has 0 radical (unpaired) electrons. The van der Waals surface area contributed by atoms with Crippen molar-refractivity contribution in [3.8, 4) is 6.07 Å². The Balaban J connectivity index is 2.26. The van der Waals surface area contributed by atoms with E-state index in [1.807, 2.05) is 13.0 Å². The van der Waals surface area contributed by atoms with E-state index in [0.29, 0.717) is 11.3 Å². The third-order valence-electron chi connectivity index (χ3n) is 2.74. The van der Waals surface area contributed by atoms with E-state index < -0.39 is 0 Å². The van der Waals surface area contributed by atoms with Gasteiger partial charge < -0.3 is 9.32 Å². The summed E-state index contributed by atoms with van der Waals surface area (Å²) in [5.41, 5.74) is 2.09. The van der Waals surface area contributed by atoms with Crippen LogP contribution in [-0.4, -0.2) is 13.0 Å². The molecule has 4 heteroatoms. The summed E-state index contributed by atoms with van der Waals surface area (Å²) < 4.78 is 5.17. The first-order valence-corrected chi connectivity index (χ1v) is 5.46. The van der Waals surface area contributed by atoms with Crippen molar-refractivity contribution in [1.29, 1.82) is 5.26 Å². The summed E-state index contributed by atoms with van der Waals surface area (Å²) in [6.45, 7) is 1.82. The number of benzene rings is 1. The van der Waals surface area contributed by atoms with Crippen LogP contribution in [-0.2, 0) is 0 Å². The zero-order valence-corrected chi connectivity index (χ0v) is 10.2. The summed E-state index contributed by atoms with van der Waals surface area (Å²) in [6.07, 6.45) is 1.50. The highest BCUT2D eigenvalue weighted by atomic mass is 16.3. The quantitative estimate of drug-likeness (QED) is 0.811. The summed E-state index contributed by atoms with van der Waals surface area (Å²) in [5, 5.41) is 8.72. The van der Waals surface area contributed by atoms with Crippen molar-refractivity contribution in [2.24, 2.45) is 0 Å². The highest BCUT2D eigenvalue weighted by Gasteiger charge is 2.18. The molecule has 18 heavy (non-hydrogen) atoms. The predicted octanol–water partition coefficient (Wildman–Crippen LogP) is 2.74. The molecule has 0 aliphatic heterocycles. The summed E-state index contributed by atoms with van der Waals surface area (Å²) in [7, 11) is 1.67. The van der Waals surface area contributed by atoms with Gasteiger partial charge in [0.05, 0.1) is 17.9 Å². The molecule has 2 aromatic rings. The molecule has 0 aliphatic rings. The zero-order valence-electron chi connectivity index (χ0n) is 10.2. The maximum atomic E-state index is 12.1. The van der Waals surface area contributed by atoms with E-state index >= 15 is 0 Å². The second-order valence-corrected chi connectivity index (χ2v) is 3.96. The number of rotatable bonds is 2. The number of carbonyl (C=O) groups excluding carboxylic acids is 1. The minimum absolute atomic E-state index is 0.206. The number of nitrogens with zero attached hydrogens (tertiary/aromatic N) is 2. The normalized spacial score (nSPS) is 9.83. The molecule has 4 nitrogen and oxygen atoms in total. The van der Waals surface area contributed by atoms with Crippen LogP contribution in [0.4, 0.5) is 5.69 Å². The number of anilines is 1. The molecule has 1 heterocycles. The fourth-order valence-electron chi connectivity index (χ4n) is 1.62. The summed E-state index contributed by atoms with van der Waals surface area (Å²) in [5.74, 6) is 0.129. The van der Waals surface area contributed by atoms with E-state index in [1.54, 1.807) is 37.4 Å². The summed E-state index contributed by atoms with van der Waals surface area (Å²) in [6, 6.07) is 10.6. The Bertz CT molecular complexity index is 605. The van der Waals surface area contributed by atoms with Crippen molar-refractivity contribution < 1.29 is 9.21 Å². The molecule has 0 bridgehead atoms. The van der Waals surface area contributed by atoms with E-state index in [1.165, 1.54) is 11.2 Å². The highest BCUT2D eigenvalue weighted by molar-refractivity contribution is 6.04. The van der Waals surface area contributed by atoms with Crippen LogP contribution >= 0.6 is 0 Å².